The fraction of sp³-hybridized carbons (Fsp3) is 0.167. The molecule has 29 heavy (non-hydrogen) atoms. The molecule has 0 amide bonds. The van der Waals surface area contributed by atoms with Crippen LogP contribution < -0.4 is 16.9 Å². The largest absolute Gasteiger partial charge is 0.422 e. The topological polar surface area (TPSA) is 89.1 Å². The molecule has 0 radical (unpaired) electrons. The molecule has 0 unspecified atom stereocenters. The van der Waals surface area contributed by atoms with Gasteiger partial charge in [-0.3, -0.25) is 4.79 Å². The normalized spacial score (nSPS) is 11.7. The van der Waals surface area contributed by atoms with Crippen molar-refractivity contribution in [2.75, 3.05) is 5.73 Å². The summed E-state index contributed by atoms with van der Waals surface area (Å²) in [6, 6.07) is 16.4. The first-order valence-electron chi connectivity index (χ1n) is 9.40. The van der Waals surface area contributed by atoms with E-state index in [4.69, 9.17) is 10.2 Å². The summed E-state index contributed by atoms with van der Waals surface area (Å²) in [5.41, 5.74) is 8.32. The van der Waals surface area contributed by atoms with E-state index in [1.807, 2.05) is 30.3 Å². The van der Waals surface area contributed by atoms with Crippen LogP contribution in [0.15, 0.2) is 74.8 Å². The number of anilines is 1. The second-order valence-corrected chi connectivity index (χ2v) is 8.17. The number of aromatic nitrogens is 1. The van der Waals surface area contributed by atoms with Gasteiger partial charge < -0.3 is 15.1 Å². The van der Waals surface area contributed by atoms with Crippen LogP contribution in [0.4, 0.5) is 5.69 Å². The van der Waals surface area contributed by atoms with Gasteiger partial charge >= 0.3 is 5.63 Å². The lowest BCUT2D eigenvalue weighted by molar-refractivity contribution is 0.534. The summed E-state index contributed by atoms with van der Waals surface area (Å²) >= 11 is 0. The molecule has 2 aromatic carbocycles. The number of aromatic amines is 1. The van der Waals surface area contributed by atoms with Gasteiger partial charge in [-0.25, -0.2) is 4.79 Å². The summed E-state index contributed by atoms with van der Waals surface area (Å²) in [6.07, 6.45) is 1.57. The summed E-state index contributed by atoms with van der Waals surface area (Å²) in [6.45, 7) is 6.29. The van der Waals surface area contributed by atoms with E-state index in [-0.39, 0.29) is 11.0 Å². The number of rotatable bonds is 2. The molecule has 2 aromatic heterocycles. The van der Waals surface area contributed by atoms with Crippen LogP contribution in [0.2, 0.25) is 0 Å². The number of hydrogen-bond acceptors (Lipinski definition) is 4. The van der Waals surface area contributed by atoms with Crippen molar-refractivity contribution in [1.29, 1.82) is 0 Å². The van der Waals surface area contributed by atoms with E-state index in [0.717, 1.165) is 16.5 Å². The van der Waals surface area contributed by atoms with Crippen molar-refractivity contribution in [3.8, 4) is 22.5 Å². The molecule has 0 saturated heterocycles. The van der Waals surface area contributed by atoms with Crippen LogP contribution in [0, 0.1) is 0 Å². The maximum absolute atomic E-state index is 13.0. The minimum atomic E-state index is -0.479. The Morgan fingerprint density at radius 1 is 0.931 bits per heavy atom. The number of benzene rings is 2. The highest BCUT2D eigenvalue weighted by atomic mass is 16.4. The molecule has 4 aromatic rings. The number of pyridine rings is 1. The lowest BCUT2D eigenvalue weighted by Gasteiger charge is -2.21. The quantitative estimate of drug-likeness (QED) is 0.489. The van der Waals surface area contributed by atoms with E-state index in [0.29, 0.717) is 28.0 Å². The Hall–Kier alpha value is -3.60. The molecule has 0 aliphatic heterocycles. The van der Waals surface area contributed by atoms with Crippen molar-refractivity contribution in [1.82, 2.24) is 4.98 Å². The molecular formula is C24H22N2O3. The highest BCUT2D eigenvalue weighted by Gasteiger charge is 2.20. The van der Waals surface area contributed by atoms with Gasteiger partial charge in [0.1, 0.15) is 5.76 Å². The lowest BCUT2D eigenvalue weighted by atomic mass is 9.83. The predicted octanol–water partition coefficient (Wildman–Crippen LogP) is 4.70. The Labute approximate surface area is 167 Å². The first kappa shape index (κ1) is 18.7. The van der Waals surface area contributed by atoms with Gasteiger partial charge in [0.05, 0.1) is 5.39 Å². The molecule has 3 N–H and O–H groups in total. The molecule has 5 nitrogen and oxygen atoms in total. The molecule has 0 fully saturated rings. The van der Waals surface area contributed by atoms with E-state index >= 15 is 0 Å². The van der Waals surface area contributed by atoms with Crippen LogP contribution >= 0.6 is 0 Å². The number of nitrogens with two attached hydrogens (primary N) is 1. The Balaban J connectivity index is 2.08. The maximum Gasteiger partial charge on any atom is 0.344 e. The molecule has 0 spiro atoms. The van der Waals surface area contributed by atoms with Gasteiger partial charge in [-0.05, 0) is 64.9 Å². The summed E-state index contributed by atoms with van der Waals surface area (Å²) in [5.74, 6) is 0.460. The number of hydrogen-bond donors (Lipinski definition) is 2. The van der Waals surface area contributed by atoms with Gasteiger partial charge in [0.15, 0.2) is 0 Å². The molecule has 146 valence electrons. The third kappa shape index (κ3) is 3.47. The summed E-state index contributed by atoms with van der Waals surface area (Å²) in [7, 11) is 0. The number of nitrogens with one attached hydrogen (secondary N) is 1. The van der Waals surface area contributed by atoms with E-state index in [9.17, 15) is 9.59 Å². The summed E-state index contributed by atoms with van der Waals surface area (Å²) in [5, 5.41) is 1.13. The molecular weight excluding hydrogens is 364 g/mol. The molecule has 0 saturated carbocycles. The van der Waals surface area contributed by atoms with Crippen molar-refractivity contribution in [2.24, 2.45) is 0 Å². The Morgan fingerprint density at radius 2 is 1.66 bits per heavy atom. The van der Waals surface area contributed by atoms with Crippen molar-refractivity contribution in [3.63, 3.8) is 0 Å². The third-order valence-electron chi connectivity index (χ3n) is 5.03. The van der Waals surface area contributed by atoms with E-state index in [1.165, 1.54) is 0 Å². The van der Waals surface area contributed by atoms with E-state index < -0.39 is 5.63 Å². The van der Waals surface area contributed by atoms with Crippen LogP contribution in [0.25, 0.3) is 33.2 Å². The highest BCUT2D eigenvalue weighted by molar-refractivity contribution is 5.97. The fourth-order valence-corrected chi connectivity index (χ4v) is 3.40. The van der Waals surface area contributed by atoms with Crippen molar-refractivity contribution in [2.45, 2.75) is 26.2 Å². The third-order valence-corrected chi connectivity index (χ3v) is 5.03. The SMILES string of the molecule is CC(C)(C)c1cc(-c2ccc[nH]c2=O)c2c(=O)oc(-c3ccc(N)cc3)cc2c1. The zero-order valence-corrected chi connectivity index (χ0v) is 16.6. The van der Waals surface area contributed by atoms with E-state index in [2.05, 4.69) is 25.8 Å². The van der Waals surface area contributed by atoms with Crippen molar-refractivity contribution < 1.29 is 4.42 Å². The molecule has 0 atom stereocenters. The molecule has 5 heteroatoms. The maximum atomic E-state index is 13.0. The Kier molecular flexibility index (Phi) is 4.38. The molecule has 4 rings (SSSR count). The number of H-pyrrole nitrogens is 1. The van der Waals surface area contributed by atoms with Gasteiger partial charge in [0.25, 0.3) is 5.56 Å². The minimum absolute atomic E-state index is 0.165. The summed E-state index contributed by atoms with van der Waals surface area (Å²) < 4.78 is 5.64. The standard InChI is InChI=1S/C24H22N2O3/c1-24(2,3)16-11-15-12-20(14-6-8-17(25)9-7-14)29-23(28)21(15)19(13-16)18-5-4-10-26-22(18)27/h4-13H,25H2,1-3H3,(H,26,27). The smallest absolute Gasteiger partial charge is 0.344 e. The molecule has 0 aliphatic carbocycles. The van der Waals surface area contributed by atoms with Gasteiger partial charge in [-0.1, -0.05) is 26.8 Å². The zero-order valence-electron chi connectivity index (χ0n) is 16.6. The monoisotopic (exact) mass is 386 g/mol. The molecule has 0 bridgehead atoms. The Bertz CT molecular complexity index is 1320. The highest BCUT2D eigenvalue weighted by Crippen LogP contribution is 2.33. The van der Waals surface area contributed by atoms with Gasteiger partial charge in [0, 0.05) is 28.6 Å². The van der Waals surface area contributed by atoms with Crippen LogP contribution in [0.5, 0.6) is 0 Å². The van der Waals surface area contributed by atoms with Crippen molar-refractivity contribution >= 4 is 16.5 Å². The lowest BCUT2D eigenvalue weighted by Crippen LogP contribution is -2.15. The van der Waals surface area contributed by atoms with Gasteiger partial charge in [-0.2, -0.15) is 0 Å². The second-order valence-electron chi connectivity index (χ2n) is 8.17. The minimum Gasteiger partial charge on any atom is -0.422 e. The van der Waals surface area contributed by atoms with E-state index in [1.54, 1.807) is 30.5 Å². The van der Waals surface area contributed by atoms with Crippen LogP contribution in [0.1, 0.15) is 26.3 Å². The number of nitrogen functional groups attached to an aromatic ring is 1. The molecule has 0 aliphatic rings. The average Bonchev–Trinajstić information content (AvgIpc) is 2.67. The van der Waals surface area contributed by atoms with Crippen LogP contribution in [-0.4, -0.2) is 4.98 Å². The second kappa shape index (κ2) is 6.78. The predicted molar refractivity (Wildman–Crippen MR) is 117 cm³/mol. The van der Waals surface area contributed by atoms with Gasteiger partial charge in [0.2, 0.25) is 0 Å². The van der Waals surface area contributed by atoms with Crippen LogP contribution in [-0.2, 0) is 5.41 Å². The molecule has 2 heterocycles. The van der Waals surface area contributed by atoms with Crippen LogP contribution in [0.3, 0.4) is 0 Å². The zero-order chi connectivity index (χ0) is 20.8. The van der Waals surface area contributed by atoms with Gasteiger partial charge in [-0.15, -0.1) is 0 Å². The first-order valence-corrected chi connectivity index (χ1v) is 9.40. The Morgan fingerprint density at radius 3 is 2.31 bits per heavy atom. The average molecular weight is 386 g/mol. The fourth-order valence-electron chi connectivity index (χ4n) is 3.40. The van der Waals surface area contributed by atoms with Crippen molar-refractivity contribution in [3.05, 3.63) is 87.1 Å². The summed E-state index contributed by atoms with van der Waals surface area (Å²) in [4.78, 5) is 28.1. The first-order chi connectivity index (χ1) is 13.7. The number of fused-ring (bicyclic) bond motifs is 1.